The monoisotopic (exact) mass is 567 g/mol. The van der Waals surface area contributed by atoms with Crippen LogP contribution in [0.5, 0.6) is 0 Å². The van der Waals surface area contributed by atoms with Gasteiger partial charge in [-0.05, 0) is 47.3 Å². The molecule has 0 bridgehead atoms. The van der Waals surface area contributed by atoms with Crippen LogP contribution in [0.25, 0.3) is 0 Å². The van der Waals surface area contributed by atoms with Gasteiger partial charge < -0.3 is 26.3 Å². The number of nitrogens with zero attached hydrogens (tertiary/aromatic N) is 2. The Kier molecular flexibility index (Phi) is 8.87. The summed E-state index contributed by atoms with van der Waals surface area (Å²) in [7, 11) is 0. The number of hydrogen-bond acceptors (Lipinski definition) is 5. The number of alkyl halides is 3. The van der Waals surface area contributed by atoms with E-state index in [1.165, 1.54) is 4.90 Å². The Balaban J connectivity index is 0.00000420. The molecule has 0 radical (unpaired) electrons. The first kappa shape index (κ1) is 30.2. The number of nitrogens with one attached hydrogen (secondary N) is 3. The lowest BCUT2D eigenvalue weighted by atomic mass is 9.96. The molecule has 5 N–H and O–H groups in total. The number of hydrogen-bond donors (Lipinski definition) is 3. The Morgan fingerprint density at radius 2 is 1.92 bits per heavy atom. The molecule has 0 aromatic heterocycles. The minimum Gasteiger partial charge on any atom is -0.412 e. The average Bonchev–Trinajstić information content (AvgIpc) is 3.21. The van der Waals surface area contributed by atoms with E-state index in [1.54, 1.807) is 30.3 Å². The van der Waals surface area contributed by atoms with Crippen molar-refractivity contribution >= 4 is 35.2 Å². The molecule has 4 rings (SSSR count). The molecule has 6 atom stereocenters. The molecule has 39 heavy (non-hydrogen) atoms. The second-order valence-electron chi connectivity index (χ2n) is 10.8. The molecule has 4 amide bonds. The predicted octanol–water partition coefficient (Wildman–Crippen LogP) is 0.738. The zero-order valence-electron chi connectivity index (χ0n) is 21.5. The fourth-order valence-electron chi connectivity index (χ4n) is 5.86. The number of halogens is 3. The largest absolute Gasteiger partial charge is 0.412 e. The molecule has 2 aliphatic heterocycles. The van der Waals surface area contributed by atoms with Gasteiger partial charge in [0.05, 0.1) is 6.07 Å². The Labute approximate surface area is 229 Å². The number of amides is 4. The molecule has 0 unspecified atom stereocenters. The SMILES string of the molecule is CC1(C)[C@@H]2[C@@H](C(=O)N[C@H](C#N)C[C@@H]3CCNC3=O)N(C(=O)[C@H](Cc3ccccc3)NC(=O)C(F)(F)Cl)C[C@@H]21.O. The van der Waals surface area contributed by atoms with Crippen molar-refractivity contribution in [1.82, 2.24) is 20.9 Å². The molecule has 2 saturated heterocycles. The molecule has 0 spiro atoms. The molecule has 1 aromatic carbocycles. The van der Waals surface area contributed by atoms with Gasteiger partial charge in [-0.25, -0.2) is 0 Å². The number of piperidine rings is 1. The molecule has 1 saturated carbocycles. The third kappa shape index (κ3) is 6.31. The highest BCUT2D eigenvalue weighted by molar-refractivity contribution is 6.32. The Hall–Kier alpha value is -3.30. The summed E-state index contributed by atoms with van der Waals surface area (Å²) >= 11 is 4.90. The van der Waals surface area contributed by atoms with Crippen molar-refractivity contribution in [2.45, 2.75) is 56.6 Å². The summed E-state index contributed by atoms with van der Waals surface area (Å²) in [6.07, 6.45) is 0.619. The molecule has 3 fully saturated rings. The summed E-state index contributed by atoms with van der Waals surface area (Å²) in [6, 6.07) is 7.30. The van der Waals surface area contributed by atoms with Crippen LogP contribution in [-0.4, -0.2) is 70.6 Å². The van der Waals surface area contributed by atoms with Crippen molar-refractivity contribution in [2.24, 2.45) is 23.2 Å². The van der Waals surface area contributed by atoms with Crippen molar-refractivity contribution in [3.63, 3.8) is 0 Å². The number of benzene rings is 1. The van der Waals surface area contributed by atoms with Gasteiger partial charge in [0.15, 0.2) is 0 Å². The highest BCUT2D eigenvalue weighted by Gasteiger charge is 2.69. The minimum atomic E-state index is -4.21. The molecule has 13 heteroatoms. The highest BCUT2D eigenvalue weighted by atomic mass is 35.5. The molecular formula is C26H32ClF2N5O5. The van der Waals surface area contributed by atoms with Crippen LogP contribution in [0.2, 0.25) is 0 Å². The van der Waals surface area contributed by atoms with E-state index in [9.17, 15) is 33.2 Å². The average molecular weight is 568 g/mol. The van der Waals surface area contributed by atoms with Crippen LogP contribution in [0.3, 0.4) is 0 Å². The van der Waals surface area contributed by atoms with Crippen molar-refractivity contribution in [1.29, 1.82) is 5.26 Å². The maximum Gasteiger partial charge on any atom is 0.399 e. The summed E-state index contributed by atoms with van der Waals surface area (Å²) in [6.45, 7) is 4.67. The third-order valence-electron chi connectivity index (χ3n) is 8.06. The summed E-state index contributed by atoms with van der Waals surface area (Å²) in [5, 5.41) is 12.9. The predicted molar refractivity (Wildman–Crippen MR) is 136 cm³/mol. The van der Waals surface area contributed by atoms with Crippen LogP contribution in [-0.2, 0) is 25.6 Å². The smallest absolute Gasteiger partial charge is 0.399 e. The summed E-state index contributed by atoms with van der Waals surface area (Å²) in [5.41, 5.74) is 0.377. The first-order chi connectivity index (χ1) is 17.8. The summed E-state index contributed by atoms with van der Waals surface area (Å²) in [5.74, 6) is -3.82. The zero-order chi connectivity index (χ0) is 27.8. The van der Waals surface area contributed by atoms with Crippen LogP contribution >= 0.6 is 11.6 Å². The molecule has 1 aromatic rings. The molecule has 3 aliphatic rings. The minimum absolute atomic E-state index is 0. The standard InChI is InChI=1S/C26H30ClF2N5O4.H2O/c1-25(2)17-13-34(20(19(17)25)22(36)32-16(12-30)11-15-8-9-31-21(15)35)23(37)18(33-24(38)26(27,28)29)10-14-6-4-3-5-7-14;/h3-7,15-20H,8-11,13H2,1-2H3,(H,31,35)(H,32,36)(H,33,38);1H2/t15-,16-,17-,18-,19-,20-;/m0./s1. The summed E-state index contributed by atoms with van der Waals surface area (Å²) in [4.78, 5) is 52.5. The van der Waals surface area contributed by atoms with Gasteiger partial charge in [-0.1, -0.05) is 44.2 Å². The number of rotatable bonds is 9. The Bertz CT molecular complexity index is 1160. The molecule has 2 heterocycles. The maximum atomic E-state index is 13.7. The lowest BCUT2D eigenvalue weighted by Gasteiger charge is -2.33. The quantitative estimate of drug-likeness (QED) is 0.374. The van der Waals surface area contributed by atoms with E-state index in [0.29, 0.717) is 18.5 Å². The van der Waals surface area contributed by atoms with E-state index in [-0.39, 0.29) is 48.0 Å². The van der Waals surface area contributed by atoms with E-state index >= 15 is 0 Å². The molecule has 1 aliphatic carbocycles. The van der Waals surface area contributed by atoms with Crippen LogP contribution in [0.15, 0.2) is 30.3 Å². The summed E-state index contributed by atoms with van der Waals surface area (Å²) < 4.78 is 27.0. The van der Waals surface area contributed by atoms with E-state index < -0.39 is 47.1 Å². The van der Waals surface area contributed by atoms with E-state index in [4.69, 9.17) is 11.6 Å². The van der Waals surface area contributed by atoms with Gasteiger partial charge in [0.1, 0.15) is 18.1 Å². The second-order valence-corrected chi connectivity index (χ2v) is 11.3. The van der Waals surface area contributed by atoms with E-state index in [1.807, 2.05) is 19.9 Å². The van der Waals surface area contributed by atoms with Gasteiger partial charge >= 0.3 is 11.3 Å². The topological polar surface area (TPSA) is 163 Å². The van der Waals surface area contributed by atoms with Crippen LogP contribution in [0, 0.1) is 34.5 Å². The van der Waals surface area contributed by atoms with Gasteiger partial charge in [-0.2, -0.15) is 14.0 Å². The number of nitriles is 1. The van der Waals surface area contributed by atoms with Crippen molar-refractivity contribution in [3.8, 4) is 6.07 Å². The van der Waals surface area contributed by atoms with Gasteiger partial charge in [0, 0.05) is 25.4 Å². The van der Waals surface area contributed by atoms with Gasteiger partial charge in [0.2, 0.25) is 17.7 Å². The first-order valence-corrected chi connectivity index (χ1v) is 12.9. The lowest BCUT2D eigenvalue weighted by molar-refractivity contribution is -0.145. The van der Waals surface area contributed by atoms with Gasteiger partial charge in [-0.15, -0.1) is 0 Å². The first-order valence-electron chi connectivity index (χ1n) is 12.5. The molecular weight excluding hydrogens is 536 g/mol. The lowest BCUT2D eigenvalue weighted by Crippen LogP contribution is -2.58. The van der Waals surface area contributed by atoms with Gasteiger partial charge in [-0.3, -0.25) is 19.2 Å². The van der Waals surface area contributed by atoms with Crippen LogP contribution < -0.4 is 16.0 Å². The van der Waals surface area contributed by atoms with Crippen LogP contribution in [0.4, 0.5) is 8.78 Å². The fraction of sp³-hybridized carbons (Fsp3) is 0.577. The Morgan fingerprint density at radius 3 is 2.49 bits per heavy atom. The number of fused-ring (bicyclic) bond motifs is 1. The Morgan fingerprint density at radius 1 is 1.26 bits per heavy atom. The van der Waals surface area contributed by atoms with E-state index in [2.05, 4.69) is 16.0 Å². The number of likely N-dealkylation sites (tertiary alicyclic amines) is 1. The third-order valence-corrected chi connectivity index (χ3v) is 8.23. The van der Waals surface area contributed by atoms with Crippen LogP contribution in [0.1, 0.15) is 32.3 Å². The van der Waals surface area contributed by atoms with E-state index in [0.717, 1.165) is 0 Å². The highest BCUT2D eigenvalue weighted by Crippen LogP contribution is 2.64. The number of carbonyl (C=O) groups excluding carboxylic acids is 4. The second kappa shape index (κ2) is 11.4. The van der Waals surface area contributed by atoms with Crippen molar-refractivity contribution in [3.05, 3.63) is 35.9 Å². The number of carbonyl (C=O) groups is 4. The van der Waals surface area contributed by atoms with Gasteiger partial charge in [0.25, 0.3) is 0 Å². The molecule has 10 nitrogen and oxygen atoms in total. The zero-order valence-corrected chi connectivity index (χ0v) is 22.3. The maximum absolute atomic E-state index is 13.7. The molecule has 212 valence electrons. The normalized spacial score (nSPS) is 26.3. The van der Waals surface area contributed by atoms with Crippen molar-refractivity contribution < 1.29 is 33.4 Å². The van der Waals surface area contributed by atoms with Crippen molar-refractivity contribution in [2.75, 3.05) is 13.1 Å². The fourth-order valence-corrected chi connectivity index (χ4v) is 5.91.